The van der Waals surface area contributed by atoms with Gasteiger partial charge in [-0.3, -0.25) is 0 Å². The van der Waals surface area contributed by atoms with E-state index in [2.05, 4.69) is 46.1 Å². The molecule has 21 heavy (non-hydrogen) atoms. The van der Waals surface area contributed by atoms with Gasteiger partial charge in [-0.1, -0.05) is 24.3 Å². The van der Waals surface area contributed by atoms with Gasteiger partial charge in [0.25, 0.3) is 0 Å². The first-order valence-electron chi connectivity index (χ1n) is 7.29. The summed E-state index contributed by atoms with van der Waals surface area (Å²) in [5.41, 5.74) is 8.35. The van der Waals surface area contributed by atoms with Crippen LogP contribution < -0.4 is 16.0 Å². The van der Waals surface area contributed by atoms with Crippen molar-refractivity contribution in [1.29, 1.82) is 0 Å². The fourth-order valence-corrected chi connectivity index (χ4v) is 2.49. The highest BCUT2D eigenvalue weighted by Gasteiger charge is 2.13. The van der Waals surface area contributed by atoms with E-state index in [0.717, 1.165) is 13.1 Å². The maximum absolute atomic E-state index is 5.81. The molecule has 0 radical (unpaired) electrons. The molecule has 1 aromatic carbocycles. The number of guanidine groups is 1. The van der Waals surface area contributed by atoms with Gasteiger partial charge in [-0.05, 0) is 30.9 Å². The van der Waals surface area contributed by atoms with Crippen molar-refractivity contribution in [2.45, 2.75) is 25.8 Å². The summed E-state index contributed by atoms with van der Waals surface area (Å²) in [7, 11) is 0. The first-order chi connectivity index (χ1) is 9.81. The van der Waals surface area contributed by atoms with Crippen LogP contribution in [0.5, 0.6) is 0 Å². The Bertz CT molecular complexity index is 467. The number of hydrogen-bond donors (Lipinski definition) is 2. The molecule has 0 amide bonds. The normalized spacial score (nSPS) is 15.2. The Morgan fingerprint density at radius 2 is 2.00 bits per heavy atom. The average molecular weight is 400 g/mol. The highest BCUT2D eigenvalue weighted by molar-refractivity contribution is 14.0. The summed E-state index contributed by atoms with van der Waals surface area (Å²) in [5, 5.41) is 3.00. The van der Waals surface area contributed by atoms with Gasteiger partial charge >= 0.3 is 0 Å². The highest BCUT2D eigenvalue weighted by Crippen LogP contribution is 2.24. The Morgan fingerprint density at radius 1 is 1.29 bits per heavy atom. The minimum Gasteiger partial charge on any atom is -0.371 e. The lowest BCUT2D eigenvalue weighted by atomic mass is 10.1. The van der Waals surface area contributed by atoms with Crippen LogP contribution in [0, 0.1) is 0 Å². The Labute approximate surface area is 144 Å². The first kappa shape index (κ1) is 17.8. The molecule has 1 aromatic rings. The maximum atomic E-state index is 5.81. The number of benzene rings is 1. The third kappa shape index (κ3) is 5.57. The fraction of sp³-hybridized carbons (Fsp3) is 0.438. The van der Waals surface area contributed by atoms with E-state index >= 15 is 0 Å². The number of nitrogens with one attached hydrogen (secondary N) is 1. The predicted molar refractivity (Wildman–Crippen MR) is 101 cm³/mol. The Balaban J connectivity index is 0.00000220. The van der Waals surface area contributed by atoms with Gasteiger partial charge in [-0.25, -0.2) is 4.99 Å². The van der Waals surface area contributed by atoms with Crippen LogP contribution in [0.1, 0.15) is 24.8 Å². The van der Waals surface area contributed by atoms with E-state index in [9.17, 15) is 0 Å². The van der Waals surface area contributed by atoms with E-state index in [1.54, 1.807) is 6.08 Å². The molecule has 1 saturated heterocycles. The summed E-state index contributed by atoms with van der Waals surface area (Å²) < 4.78 is 0. The molecular formula is C16H25IN4. The molecule has 1 fully saturated rings. The van der Waals surface area contributed by atoms with Gasteiger partial charge in [0, 0.05) is 25.3 Å². The second kappa shape index (κ2) is 9.65. The van der Waals surface area contributed by atoms with Crippen LogP contribution in [0.25, 0.3) is 0 Å². The Hall–Kier alpha value is -1.24. The number of aliphatic imine (C=N–C) groups is 1. The van der Waals surface area contributed by atoms with Gasteiger partial charge in [-0.15, -0.1) is 30.6 Å². The minimum absolute atomic E-state index is 0. The Kier molecular flexibility index (Phi) is 8.19. The van der Waals surface area contributed by atoms with Gasteiger partial charge in [0.2, 0.25) is 0 Å². The monoisotopic (exact) mass is 400 g/mol. The van der Waals surface area contributed by atoms with Crippen molar-refractivity contribution in [2.24, 2.45) is 10.7 Å². The molecule has 0 saturated carbocycles. The van der Waals surface area contributed by atoms with Gasteiger partial charge in [0.1, 0.15) is 0 Å². The van der Waals surface area contributed by atoms with Crippen molar-refractivity contribution < 1.29 is 0 Å². The second-order valence-electron chi connectivity index (χ2n) is 5.05. The smallest absolute Gasteiger partial charge is 0.189 e. The lowest BCUT2D eigenvalue weighted by Crippen LogP contribution is -2.32. The van der Waals surface area contributed by atoms with Gasteiger partial charge < -0.3 is 16.0 Å². The lowest BCUT2D eigenvalue weighted by Gasteiger charge is -2.30. The molecule has 2 rings (SSSR count). The second-order valence-corrected chi connectivity index (χ2v) is 5.05. The molecule has 1 aliphatic rings. The summed E-state index contributed by atoms with van der Waals surface area (Å²) in [4.78, 5) is 6.86. The van der Waals surface area contributed by atoms with Crippen LogP contribution >= 0.6 is 24.0 Å². The fourth-order valence-electron chi connectivity index (χ4n) is 2.49. The molecule has 116 valence electrons. The number of piperidine rings is 1. The largest absolute Gasteiger partial charge is 0.371 e. The molecule has 0 spiro atoms. The quantitative estimate of drug-likeness (QED) is 0.346. The topological polar surface area (TPSA) is 53.6 Å². The Morgan fingerprint density at radius 3 is 2.71 bits per heavy atom. The van der Waals surface area contributed by atoms with Crippen molar-refractivity contribution in [3.05, 3.63) is 42.5 Å². The summed E-state index contributed by atoms with van der Waals surface area (Å²) in [6.45, 7) is 7.19. The highest BCUT2D eigenvalue weighted by atomic mass is 127. The van der Waals surface area contributed by atoms with Gasteiger partial charge in [0.05, 0.1) is 6.54 Å². The molecule has 0 aromatic heterocycles. The van der Waals surface area contributed by atoms with Crippen LogP contribution in [-0.4, -0.2) is 25.6 Å². The van der Waals surface area contributed by atoms with Crippen molar-refractivity contribution in [3.63, 3.8) is 0 Å². The zero-order valence-electron chi connectivity index (χ0n) is 12.4. The zero-order valence-corrected chi connectivity index (χ0v) is 14.8. The summed E-state index contributed by atoms with van der Waals surface area (Å²) in [6.07, 6.45) is 5.67. The minimum atomic E-state index is 0. The molecule has 1 heterocycles. The number of rotatable bonds is 5. The number of nitrogens with two attached hydrogens (primary N) is 1. The average Bonchev–Trinajstić information content (AvgIpc) is 2.52. The lowest BCUT2D eigenvalue weighted by molar-refractivity contribution is 0.576. The number of para-hydroxylation sites is 1. The SMILES string of the molecule is C=CCNC(N)=NCc1ccccc1N1CCCCC1.I. The number of nitrogens with zero attached hydrogens (tertiary/aromatic N) is 2. The summed E-state index contributed by atoms with van der Waals surface area (Å²) in [6, 6.07) is 8.47. The molecule has 3 N–H and O–H groups in total. The van der Waals surface area contributed by atoms with Crippen LogP contribution in [-0.2, 0) is 6.54 Å². The molecule has 5 heteroatoms. The summed E-state index contributed by atoms with van der Waals surface area (Å²) >= 11 is 0. The van der Waals surface area contributed by atoms with Crippen molar-refractivity contribution in [3.8, 4) is 0 Å². The number of halogens is 1. The van der Waals surface area contributed by atoms with Crippen molar-refractivity contribution >= 4 is 35.6 Å². The third-order valence-corrected chi connectivity index (χ3v) is 3.54. The van der Waals surface area contributed by atoms with Gasteiger partial charge in [-0.2, -0.15) is 0 Å². The molecule has 0 bridgehead atoms. The van der Waals surface area contributed by atoms with E-state index in [1.165, 1.54) is 30.5 Å². The first-order valence-corrected chi connectivity index (χ1v) is 7.29. The number of hydrogen-bond acceptors (Lipinski definition) is 2. The van der Waals surface area contributed by atoms with E-state index < -0.39 is 0 Å². The maximum Gasteiger partial charge on any atom is 0.189 e. The van der Waals surface area contributed by atoms with E-state index in [-0.39, 0.29) is 24.0 Å². The van der Waals surface area contributed by atoms with E-state index in [4.69, 9.17) is 5.73 Å². The van der Waals surface area contributed by atoms with E-state index in [0.29, 0.717) is 19.0 Å². The van der Waals surface area contributed by atoms with Crippen LogP contribution in [0.4, 0.5) is 5.69 Å². The predicted octanol–water partition coefficient (Wildman–Crippen LogP) is 2.89. The molecule has 4 nitrogen and oxygen atoms in total. The molecule has 0 atom stereocenters. The third-order valence-electron chi connectivity index (χ3n) is 3.54. The standard InChI is InChI=1S/C16H24N4.HI/c1-2-10-18-16(17)19-13-14-8-4-5-9-15(14)20-11-6-3-7-12-20;/h2,4-5,8-9H,1,3,6-7,10-13H2,(H3,17,18,19);1H. The molecule has 0 unspecified atom stereocenters. The molecule has 0 aliphatic carbocycles. The summed E-state index contributed by atoms with van der Waals surface area (Å²) in [5.74, 6) is 0.471. The van der Waals surface area contributed by atoms with Gasteiger partial charge in [0.15, 0.2) is 5.96 Å². The van der Waals surface area contributed by atoms with Crippen molar-refractivity contribution in [1.82, 2.24) is 5.32 Å². The van der Waals surface area contributed by atoms with Crippen molar-refractivity contribution in [2.75, 3.05) is 24.5 Å². The number of anilines is 1. The van der Waals surface area contributed by atoms with E-state index in [1.807, 2.05) is 0 Å². The van der Waals surface area contributed by atoms with Crippen LogP contribution in [0.3, 0.4) is 0 Å². The zero-order chi connectivity index (χ0) is 14.2. The molecule has 1 aliphatic heterocycles. The molecular weight excluding hydrogens is 375 g/mol. The van der Waals surface area contributed by atoms with Crippen LogP contribution in [0.15, 0.2) is 41.9 Å². The van der Waals surface area contributed by atoms with Crippen LogP contribution in [0.2, 0.25) is 0 Å².